The number of aryl methyl sites for hydroxylation is 1. The topological polar surface area (TPSA) is 109 Å². The van der Waals surface area contributed by atoms with Crippen molar-refractivity contribution in [1.82, 2.24) is 30.0 Å². The van der Waals surface area contributed by atoms with Crippen molar-refractivity contribution in [3.05, 3.63) is 53.4 Å². The zero-order chi connectivity index (χ0) is 19.7. The fourth-order valence-corrected chi connectivity index (χ4v) is 3.73. The number of nitrogens with one attached hydrogen (secondary N) is 2. The van der Waals surface area contributed by atoms with Crippen LogP contribution in [0, 0.1) is 6.92 Å². The Morgan fingerprint density at radius 1 is 1.29 bits per heavy atom. The summed E-state index contributed by atoms with van der Waals surface area (Å²) in [6, 6.07) is 9.84. The van der Waals surface area contributed by atoms with Gasteiger partial charge in [0.1, 0.15) is 23.9 Å². The first-order valence-corrected chi connectivity index (χ1v) is 9.56. The highest BCUT2D eigenvalue weighted by Gasteiger charge is 2.35. The van der Waals surface area contributed by atoms with Crippen LogP contribution in [0.1, 0.15) is 53.5 Å². The number of nitrogens with zero attached hydrogens (tertiary/aromatic N) is 4. The number of aromatic nitrogens is 5. The van der Waals surface area contributed by atoms with Crippen molar-refractivity contribution >= 4 is 5.91 Å². The van der Waals surface area contributed by atoms with Crippen molar-refractivity contribution in [1.29, 1.82) is 0 Å². The van der Waals surface area contributed by atoms with Gasteiger partial charge in [-0.15, -0.1) is 10.2 Å². The van der Waals surface area contributed by atoms with Gasteiger partial charge in [-0.2, -0.15) is 0 Å². The molecule has 1 fully saturated rings. The number of rotatable bonds is 6. The molecule has 8 nitrogen and oxygen atoms in total. The van der Waals surface area contributed by atoms with Crippen molar-refractivity contribution in [3.63, 3.8) is 0 Å². The minimum Gasteiger partial charge on any atom is -0.388 e. The molecule has 1 aromatic carbocycles. The van der Waals surface area contributed by atoms with E-state index in [-0.39, 0.29) is 24.5 Å². The molecule has 1 aliphatic rings. The first-order valence-electron chi connectivity index (χ1n) is 9.56. The number of benzene rings is 1. The Balaban J connectivity index is 1.40. The fraction of sp³-hybridized carbons (Fsp3) is 0.400. The van der Waals surface area contributed by atoms with Crippen molar-refractivity contribution in [2.75, 3.05) is 0 Å². The maximum atomic E-state index is 12.7. The largest absolute Gasteiger partial charge is 0.388 e. The number of hydrogen-bond donors (Lipinski definition) is 3. The number of carbonyl (C=O) groups excluding carboxylic acids is 1. The molecule has 4 rings (SSSR count). The second kappa shape index (κ2) is 7.55. The quantitative estimate of drug-likeness (QED) is 0.607. The van der Waals surface area contributed by atoms with Gasteiger partial charge in [0, 0.05) is 29.8 Å². The van der Waals surface area contributed by atoms with E-state index in [1.807, 2.05) is 48.7 Å². The molecule has 0 atom stereocenters. The molecule has 0 spiro atoms. The number of carbonyl (C=O) groups is 1. The normalized spacial score (nSPS) is 18.7. The lowest BCUT2D eigenvalue weighted by Gasteiger charge is -2.35. The van der Waals surface area contributed by atoms with Gasteiger partial charge < -0.3 is 20.0 Å². The van der Waals surface area contributed by atoms with Gasteiger partial charge in [0.2, 0.25) is 0 Å². The molecule has 0 bridgehead atoms. The Morgan fingerprint density at radius 3 is 2.71 bits per heavy atom. The highest BCUT2D eigenvalue weighted by Crippen LogP contribution is 2.36. The van der Waals surface area contributed by atoms with E-state index in [0.29, 0.717) is 17.3 Å². The maximum absolute atomic E-state index is 12.7. The van der Waals surface area contributed by atoms with Crippen molar-refractivity contribution < 1.29 is 9.90 Å². The molecule has 0 aliphatic heterocycles. The Hall–Kier alpha value is -3.00. The summed E-state index contributed by atoms with van der Waals surface area (Å²) in [4.78, 5) is 20.4. The van der Waals surface area contributed by atoms with Crippen molar-refractivity contribution in [3.8, 4) is 11.4 Å². The first kappa shape index (κ1) is 18.4. The monoisotopic (exact) mass is 380 g/mol. The fourth-order valence-electron chi connectivity index (χ4n) is 3.73. The van der Waals surface area contributed by atoms with E-state index in [9.17, 15) is 9.90 Å². The molecular weight excluding hydrogens is 356 g/mol. The molecule has 3 N–H and O–H groups in total. The number of hydrogen-bond acceptors (Lipinski definition) is 5. The minimum absolute atomic E-state index is 0.0911. The summed E-state index contributed by atoms with van der Waals surface area (Å²) in [5.41, 5.74) is 2.14. The van der Waals surface area contributed by atoms with Crippen LogP contribution in [0.2, 0.25) is 0 Å². The Bertz CT molecular complexity index is 972. The predicted molar refractivity (Wildman–Crippen MR) is 104 cm³/mol. The van der Waals surface area contributed by atoms with Crippen LogP contribution in [0.4, 0.5) is 0 Å². The van der Waals surface area contributed by atoms with E-state index in [1.54, 1.807) is 0 Å². The Labute approximate surface area is 163 Å². The predicted octanol–water partition coefficient (Wildman–Crippen LogP) is 2.16. The van der Waals surface area contributed by atoms with Gasteiger partial charge in [-0.1, -0.05) is 30.3 Å². The second-order valence-electron chi connectivity index (χ2n) is 7.14. The summed E-state index contributed by atoms with van der Waals surface area (Å²) in [6.07, 6.45) is 1.62. The average molecular weight is 380 g/mol. The maximum Gasteiger partial charge on any atom is 0.271 e. The average Bonchev–Trinajstić information content (AvgIpc) is 3.27. The van der Waals surface area contributed by atoms with Crippen molar-refractivity contribution in [2.24, 2.45) is 0 Å². The second-order valence-corrected chi connectivity index (χ2v) is 7.14. The van der Waals surface area contributed by atoms with Crippen molar-refractivity contribution in [2.45, 2.75) is 51.8 Å². The van der Waals surface area contributed by atoms with Gasteiger partial charge >= 0.3 is 0 Å². The lowest BCUT2D eigenvalue weighted by Crippen LogP contribution is -2.44. The Kier molecular flexibility index (Phi) is 4.95. The van der Waals surface area contributed by atoms with Crippen LogP contribution >= 0.6 is 0 Å². The van der Waals surface area contributed by atoms with E-state index in [4.69, 9.17) is 0 Å². The van der Waals surface area contributed by atoms with E-state index in [2.05, 4.69) is 25.5 Å². The van der Waals surface area contributed by atoms with Crippen LogP contribution in [0.15, 0.2) is 30.3 Å². The van der Waals surface area contributed by atoms with Crippen LogP contribution < -0.4 is 5.32 Å². The Morgan fingerprint density at radius 2 is 2.04 bits per heavy atom. The number of aromatic amines is 1. The van der Waals surface area contributed by atoms with Gasteiger partial charge in [0.05, 0.1) is 0 Å². The molecule has 0 radical (unpaired) electrons. The lowest BCUT2D eigenvalue weighted by molar-refractivity contribution is 0.0901. The molecule has 0 saturated heterocycles. The molecule has 1 saturated carbocycles. The summed E-state index contributed by atoms with van der Waals surface area (Å²) in [7, 11) is 0. The summed E-state index contributed by atoms with van der Waals surface area (Å²) in [5.74, 6) is 2.26. The summed E-state index contributed by atoms with van der Waals surface area (Å²) in [6.45, 7) is 4.48. The van der Waals surface area contributed by atoms with Crippen LogP contribution in [-0.2, 0) is 13.2 Å². The summed E-state index contributed by atoms with van der Waals surface area (Å²) >= 11 is 0. The number of amides is 1. The van der Waals surface area contributed by atoms with Crippen LogP contribution in [0.25, 0.3) is 11.4 Å². The number of H-pyrrole nitrogens is 1. The summed E-state index contributed by atoms with van der Waals surface area (Å²) in [5, 5.41) is 20.7. The third-order valence-electron chi connectivity index (χ3n) is 5.30. The summed E-state index contributed by atoms with van der Waals surface area (Å²) < 4.78 is 1.95. The molecule has 1 amide bonds. The third-order valence-corrected chi connectivity index (χ3v) is 5.30. The SMILES string of the molecule is CCn1c(CO)nnc1C1CC(NC(=O)c2nc(-c3ccccc3)[nH]c2C)C1. The zero-order valence-electron chi connectivity index (χ0n) is 16.0. The number of aliphatic hydroxyl groups excluding tert-OH is 1. The number of imidazole rings is 1. The highest BCUT2D eigenvalue weighted by atomic mass is 16.3. The van der Waals surface area contributed by atoms with Crippen LogP contribution in [0.5, 0.6) is 0 Å². The minimum atomic E-state index is -0.160. The lowest BCUT2D eigenvalue weighted by atomic mass is 9.79. The van der Waals surface area contributed by atoms with Crippen LogP contribution in [0.3, 0.4) is 0 Å². The van der Waals surface area contributed by atoms with Gasteiger partial charge in [0.25, 0.3) is 5.91 Å². The smallest absolute Gasteiger partial charge is 0.271 e. The van der Waals surface area contributed by atoms with E-state index >= 15 is 0 Å². The molecule has 28 heavy (non-hydrogen) atoms. The molecule has 0 unspecified atom stereocenters. The van der Waals surface area contributed by atoms with Gasteiger partial charge in [-0.05, 0) is 26.7 Å². The molecule has 8 heteroatoms. The first-order chi connectivity index (χ1) is 13.6. The molecule has 2 aromatic heterocycles. The third kappa shape index (κ3) is 3.31. The van der Waals surface area contributed by atoms with Gasteiger partial charge in [-0.3, -0.25) is 4.79 Å². The van der Waals surface area contributed by atoms with E-state index in [1.165, 1.54) is 0 Å². The molecule has 146 valence electrons. The standard InChI is InChI=1S/C20H24N6O2/c1-3-26-16(11-27)24-25-19(26)14-9-15(10-14)22-20(28)17-12(2)21-18(23-17)13-7-5-4-6-8-13/h4-8,14-15,27H,3,9-11H2,1-2H3,(H,21,23)(H,22,28). The molecule has 1 aliphatic carbocycles. The number of aliphatic hydroxyl groups is 1. The molecule has 2 heterocycles. The van der Waals surface area contributed by atoms with Gasteiger partial charge in [-0.25, -0.2) is 4.98 Å². The van der Waals surface area contributed by atoms with E-state index < -0.39 is 0 Å². The molecule has 3 aromatic rings. The van der Waals surface area contributed by atoms with E-state index in [0.717, 1.165) is 36.5 Å². The van der Waals surface area contributed by atoms with Crippen LogP contribution in [-0.4, -0.2) is 41.8 Å². The highest BCUT2D eigenvalue weighted by molar-refractivity contribution is 5.94. The van der Waals surface area contributed by atoms with Gasteiger partial charge in [0.15, 0.2) is 5.82 Å². The zero-order valence-corrected chi connectivity index (χ0v) is 16.0. The molecular formula is C20H24N6O2.